The quantitative estimate of drug-likeness (QED) is 0.558. The van der Waals surface area contributed by atoms with Crippen molar-refractivity contribution in [3.8, 4) is 22.4 Å². The number of rotatable bonds is 4. The molecule has 0 amide bonds. The van der Waals surface area contributed by atoms with Crippen LogP contribution in [-0.4, -0.2) is 17.7 Å². The summed E-state index contributed by atoms with van der Waals surface area (Å²) in [6.45, 7) is 4.84. The maximum atomic E-state index is 6.07. The van der Waals surface area contributed by atoms with Crippen molar-refractivity contribution in [1.82, 2.24) is 4.98 Å². The molecule has 0 aliphatic heterocycles. The SMILES string of the molecule is CCN=Cc1cc(-c2cccnc2-c2cccc(C)c2)ccc1N. The number of hydrogen-bond acceptors (Lipinski definition) is 3. The summed E-state index contributed by atoms with van der Waals surface area (Å²) in [6, 6.07) is 18.5. The average molecular weight is 315 g/mol. The monoisotopic (exact) mass is 315 g/mol. The van der Waals surface area contributed by atoms with Crippen LogP contribution in [0.3, 0.4) is 0 Å². The second kappa shape index (κ2) is 7.09. The summed E-state index contributed by atoms with van der Waals surface area (Å²) < 4.78 is 0. The Balaban J connectivity index is 2.12. The summed E-state index contributed by atoms with van der Waals surface area (Å²) >= 11 is 0. The van der Waals surface area contributed by atoms with Gasteiger partial charge in [-0.1, -0.05) is 35.9 Å². The highest BCUT2D eigenvalue weighted by Crippen LogP contribution is 2.31. The molecule has 0 saturated carbocycles. The predicted octanol–water partition coefficient (Wildman–Crippen LogP) is 4.75. The van der Waals surface area contributed by atoms with Crippen molar-refractivity contribution in [2.75, 3.05) is 12.3 Å². The number of anilines is 1. The minimum atomic E-state index is 0.733. The van der Waals surface area contributed by atoms with Crippen LogP contribution in [0.15, 0.2) is 65.8 Å². The Morgan fingerprint density at radius 3 is 2.71 bits per heavy atom. The third kappa shape index (κ3) is 3.35. The van der Waals surface area contributed by atoms with Gasteiger partial charge in [0.15, 0.2) is 0 Å². The van der Waals surface area contributed by atoms with Crippen molar-refractivity contribution in [2.24, 2.45) is 4.99 Å². The van der Waals surface area contributed by atoms with Crippen molar-refractivity contribution >= 4 is 11.9 Å². The molecular weight excluding hydrogens is 294 g/mol. The normalized spacial score (nSPS) is 11.1. The first kappa shape index (κ1) is 15.9. The number of hydrogen-bond donors (Lipinski definition) is 1. The van der Waals surface area contributed by atoms with Crippen LogP contribution in [0.5, 0.6) is 0 Å². The molecule has 0 bridgehead atoms. The Labute approximate surface area is 142 Å². The van der Waals surface area contributed by atoms with Gasteiger partial charge in [0.05, 0.1) is 5.69 Å². The molecule has 120 valence electrons. The largest absolute Gasteiger partial charge is 0.398 e. The van der Waals surface area contributed by atoms with Crippen molar-refractivity contribution in [2.45, 2.75) is 13.8 Å². The minimum Gasteiger partial charge on any atom is -0.398 e. The Morgan fingerprint density at radius 1 is 1.04 bits per heavy atom. The zero-order chi connectivity index (χ0) is 16.9. The molecule has 3 nitrogen and oxygen atoms in total. The zero-order valence-electron chi connectivity index (χ0n) is 14.0. The van der Waals surface area contributed by atoms with Gasteiger partial charge in [0.2, 0.25) is 0 Å². The molecule has 0 atom stereocenters. The van der Waals surface area contributed by atoms with Crippen LogP contribution in [0.4, 0.5) is 5.69 Å². The van der Waals surface area contributed by atoms with Gasteiger partial charge >= 0.3 is 0 Å². The highest BCUT2D eigenvalue weighted by Gasteiger charge is 2.10. The first-order valence-electron chi connectivity index (χ1n) is 8.11. The lowest BCUT2D eigenvalue weighted by molar-refractivity contribution is 1.14. The number of pyridine rings is 1. The van der Waals surface area contributed by atoms with Crippen molar-refractivity contribution in [1.29, 1.82) is 0 Å². The minimum absolute atomic E-state index is 0.733. The Kier molecular flexibility index (Phi) is 4.71. The highest BCUT2D eigenvalue weighted by atomic mass is 14.7. The van der Waals surface area contributed by atoms with E-state index in [1.807, 2.05) is 37.5 Å². The van der Waals surface area contributed by atoms with E-state index in [-0.39, 0.29) is 0 Å². The Morgan fingerprint density at radius 2 is 1.92 bits per heavy atom. The fraction of sp³-hybridized carbons (Fsp3) is 0.143. The van der Waals surface area contributed by atoms with Crippen molar-refractivity contribution < 1.29 is 0 Å². The lowest BCUT2D eigenvalue weighted by Gasteiger charge is -2.11. The van der Waals surface area contributed by atoms with Crippen LogP contribution in [0, 0.1) is 6.92 Å². The maximum Gasteiger partial charge on any atom is 0.0780 e. The van der Waals surface area contributed by atoms with Gasteiger partial charge in [0.1, 0.15) is 0 Å². The highest BCUT2D eigenvalue weighted by molar-refractivity contribution is 5.91. The fourth-order valence-electron chi connectivity index (χ4n) is 2.70. The molecule has 0 unspecified atom stereocenters. The number of nitrogens with two attached hydrogens (primary N) is 1. The van der Waals surface area contributed by atoms with Crippen molar-refractivity contribution in [3.05, 3.63) is 71.9 Å². The molecule has 3 aromatic rings. The molecule has 0 saturated heterocycles. The van der Waals surface area contributed by atoms with Gasteiger partial charge in [0.25, 0.3) is 0 Å². The second-order valence-electron chi connectivity index (χ2n) is 5.74. The summed E-state index contributed by atoms with van der Waals surface area (Å²) in [4.78, 5) is 8.93. The van der Waals surface area contributed by atoms with E-state index in [0.717, 1.165) is 40.2 Å². The van der Waals surface area contributed by atoms with Crippen LogP contribution in [0.2, 0.25) is 0 Å². The average Bonchev–Trinajstić information content (AvgIpc) is 2.61. The molecule has 1 heterocycles. The zero-order valence-corrected chi connectivity index (χ0v) is 14.0. The van der Waals surface area contributed by atoms with Gasteiger partial charge in [-0.15, -0.1) is 0 Å². The molecule has 0 fully saturated rings. The number of benzene rings is 2. The number of aliphatic imine (C=N–C) groups is 1. The van der Waals surface area contributed by atoms with Crippen LogP contribution in [0.25, 0.3) is 22.4 Å². The number of nitrogen functional groups attached to an aromatic ring is 1. The summed E-state index contributed by atoms with van der Waals surface area (Å²) in [5.41, 5.74) is 13.2. The molecule has 3 heteroatoms. The van der Waals surface area contributed by atoms with Gasteiger partial charge in [0, 0.05) is 41.3 Å². The predicted molar refractivity (Wildman–Crippen MR) is 102 cm³/mol. The first-order valence-corrected chi connectivity index (χ1v) is 8.11. The van der Waals surface area contributed by atoms with Crippen LogP contribution in [-0.2, 0) is 0 Å². The lowest BCUT2D eigenvalue weighted by atomic mass is 9.97. The molecule has 2 N–H and O–H groups in total. The number of nitrogens with zero attached hydrogens (tertiary/aromatic N) is 2. The molecule has 1 aromatic heterocycles. The second-order valence-corrected chi connectivity index (χ2v) is 5.74. The maximum absolute atomic E-state index is 6.07. The van der Waals surface area contributed by atoms with E-state index in [2.05, 4.69) is 53.3 Å². The molecule has 0 aliphatic carbocycles. The molecule has 0 spiro atoms. The summed E-state index contributed by atoms with van der Waals surface area (Å²) in [6.07, 6.45) is 3.67. The summed E-state index contributed by atoms with van der Waals surface area (Å²) in [5, 5.41) is 0. The van der Waals surface area contributed by atoms with Gasteiger partial charge in [-0.2, -0.15) is 0 Å². The molecule has 0 aliphatic rings. The topological polar surface area (TPSA) is 51.3 Å². The molecule has 24 heavy (non-hydrogen) atoms. The van der Waals surface area contributed by atoms with Gasteiger partial charge in [-0.25, -0.2) is 0 Å². The molecule has 3 rings (SSSR count). The van der Waals surface area contributed by atoms with Gasteiger partial charge < -0.3 is 5.73 Å². The van der Waals surface area contributed by atoms with Crippen LogP contribution >= 0.6 is 0 Å². The number of aromatic nitrogens is 1. The number of aryl methyl sites for hydroxylation is 1. The van der Waals surface area contributed by atoms with Gasteiger partial charge in [-0.3, -0.25) is 9.98 Å². The van der Waals surface area contributed by atoms with Crippen LogP contribution < -0.4 is 5.73 Å². The Bertz CT molecular complexity index is 882. The van der Waals surface area contributed by atoms with Crippen LogP contribution in [0.1, 0.15) is 18.1 Å². The summed E-state index contributed by atoms with van der Waals surface area (Å²) in [7, 11) is 0. The van der Waals surface area contributed by atoms with Gasteiger partial charge in [-0.05, 0) is 43.7 Å². The third-order valence-corrected chi connectivity index (χ3v) is 3.91. The first-order chi connectivity index (χ1) is 11.7. The van der Waals surface area contributed by atoms with E-state index < -0.39 is 0 Å². The van der Waals surface area contributed by atoms with E-state index >= 15 is 0 Å². The van der Waals surface area contributed by atoms with E-state index in [9.17, 15) is 0 Å². The summed E-state index contributed by atoms with van der Waals surface area (Å²) in [5.74, 6) is 0. The third-order valence-electron chi connectivity index (χ3n) is 3.91. The van der Waals surface area contributed by atoms with E-state index in [0.29, 0.717) is 0 Å². The van der Waals surface area contributed by atoms with Crippen molar-refractivity contribution in [3.63, 3.8) is 0 Å². The standard InChI is InChI=1S/C21H21N3/c1-3-23-14-18-13-16(9-10-20(18)22)19-8-5-11-24-21(19)17-7-4-6-15(2)12-17/h4-14H,3,22H2,1-2H3. The molecular formula is C21H21N3. The molecule has 2 aromatic carbocycles. The lowest BCUT2D eigenvalue weighted by Crippen LogP contribution is -1.95. The Hall–Kier alpha value is -2.94. The smallest absolute Gasteiger partial charge is 0.0780 e. The molecule has 0 radical (unpaired) electrons. The van der Waals surface area contributed by atoms with E-state index in [1.165, 1.54) is 5.56 Å². The van der Waals surface area contributed by atoms with E-state index in [4.69, 9.17) is 5.73 Å². The fourth-order valence-corrected chi connectivity index (χ4v) is 2.70. The van der Waals surface area contributed by atoms with E-state index in [1.54, 1.807) is 0 Å².